The van der Waals surface area contributed by atoms with Gasteiger partial charge in [-0.2, -0.15) is 0 Å². The van der Waals surface area contributed by atoms with Crippen molar-refractivity contribution < 1.29 is 28.7 Å². The normalized spacial score (nSPS) is 17.5. The Balaban J connectivity index is 1.24. The predicted molar refractivity (Wildman–Crippen MR) is 203 cm³/mol. The molecule has 0 bridgehead atoms. The lowest BCUT2D eigenvalue weighted by molar-refractivity contribution is -0.129. The monoisotopic (exact) mass is 711 g/mol. The third-order valence-electron chi connectivity index (χ3n) is 9.56. The lowest BCUT2D eigenvalue weighted by atomic mass is 9.77. The maximum atomic E-state index is 13.9. The molecular formula is C41H53N5O6. The van der Waals surface area contributed by atoms with Crippen molar-refractivity contribution in [3.8, 4) is 17.0 Å². The zero-order chi connectivity index (χ0) is 37.3. The fraction of sp³-hybridized carbons (Fsp3) is 0.488. The Morgan fingerprint density at radius 2 is 1.79 bits per heavy atom. The topological polar surface area (TPSA) is 139 Å². The summed E-state index contributed by atoms with van der Waals surface area (Å²) in [6.45, 7) is 7.79. The minimum atomic E-state index is -0.603. The first kappa shape index (κ1) is 38.5. The summed E-state index contributed by atoms with van der Waals surface area (Å²) in [5.41, 5.74) is 4.15. The molecule has 1 aliphatic heterocycles. The minimum Gasteiger partial charge on any atom is -0.478 e. The van der Waals surface area contributed by atoms with Crippen LogP contribution in [0.4, 0.5) is 16.2 Å². The fourth-order valence-corrected chi connectivity index (χ4v) is 6.78. The Labute approximate surface area is 307 Å². The Kier molecular flexibility index (Phi) is 13.0. The van der Waals surface area contributed by atoms with Gasteiger partial charge >= 0.3 is 6.09 Å². The number of rotatable bonds is 15. The van der Waals surface area contributed by atoms with Gasteiger partial charge in [0.1, 0.15) is 11.4 Å². The number of ketones is 2. The van der Waals surface area contributed by atoms with Crippen LogP contribution in [0.15, 0.2) is 60.8 Å². The van der Waals surface area contributed by atoms with Gasteiger partial charge in [0.2, 0.25) is 11.8 Å². The third-order valence-corrected chi connectivity index (χ3v) is 9.56. The number of ether oxygens (including phenoxy) is 2. The molecule has 0 unspecified atom stereocenters. The summed E-state index contributed by atoms with van der Waals surface area (Å²) >= 11 is 0. The molecule has 1 fully saturated rings. The first-order chi connectivity index (χ1) is 24.8. The average molecular weight is 712 g/mol. The number of carbonyl (C=O) groups is 4. The highest BCUT2D eigenvalue weighted by Gasteiger charge is 2.31. The number of anilines is 2. The van der Waals surface area contributed by atoms with Gasteiger partial charge in [0.05, 0.1) is 13.2 Å². The Hall–Kier alpha value is -4.77. The zero-order valence-electron chi connectivity index (χ0n) is 31.1. The second kappa shape index (κ2) is 17.6. The quantitative estimate of drug-likeness (QED) is 0.146. The minimum absolute atomic E-state index is 0.0175. The summed E-state index contributed by atoms with van der Waals surface area (Å²) < 4.78 is 11.2. The summed E-state index contributed by atoms with van der Waals surface area (Å²) in [4.78, 5) is 58.6. The van der Waals surface area contributed by atoms with E-state index in [4.69, 9.17) is 9.47 Å². The molecule has 1 saturated carbocycles. The van der Waals surface area contributed by atoms with Crippen LogP contribution >= 0.6 is 0 Å². The van der Waals surface area contributed by atoms with Gasteiger partial charge in [0, 0.05) is 66.1 Å². The van der Waals surface area contributed by atoms with Crippen molar-refractivity contribution in [1.29, 1.82) is 0 Å². The van der Waals surface area contributed by atoms with Gasteiger partial charge in [-0.05, 0) is 115 Å². The van der Waals surface area contributed by atoms with Crippen molar-refractivity contribution in [2.24, 2.45) is 17.8 Å². The van der Waals surface area contributed by atoms with Crippen LogP contribution in [0.25, 0.3) is 11.1 Å². The first-order valence-electron chi connectivity index (χ1n) is 18.4. The summed E-state index contributed by atoms with van der Waals surface area (Å²) in [5.74, 6) is -0.0242. The average Bonchev–Trinajstić information content (AvgIpc) is 3.48. The Morgan fingerprint density at radius 3 is 2.50 bits per heavy atom. The van der Waals surface area contributed by atoms with E-state index in [9.17, 15) is 19.2 Å². The van der Waals surface area contributed by atoms with Crippen LogP contribution in [-0.2, 0) is 20.7 Å². The Morgan fingerprint density at radius 1 is 1.00 bits per heavy atom. The number of carbonyl (C=O) groups excluding carboxylic acids is 4. The van der Waals surface area contributed by atoms with E-state index in [1.165, 1.54) is 0 Å². The molecule has 1 atom stereocenters. The van der Waals surface area contributed by atoms with Gasteiger partial charge in [0.15, 0.2) is 5.78 Å². The number of amides is 2. The van der Waals surface area contributed by atoms with E-state index in [0.29, 0.717) is 42.4 Å². The van der Waals surface area contributed by atoms with Crippen molar-refractivity contribution in [3.05, 3.63) is 71.9 Å². The standard InChI is InChI=1S/C41H53N5O6/c1-41(2,3)52-40(50)44-24-27-10-12-29(13-11-27)36(47)22-32(39(49)45-33-15-16-34-35(23-33)42-26-37(34)48)21-28-8-6-9-30(20-28)31-14-17-38(43-25-31)51-19-7-18-46(4)5/h6,8-9,14-17,20,23,25,27,29,32,42H,7,10-13,18-19,21-22,24,26H2,1-5H3,(H,44,50)(H,45,49)/t27?,29?,32-/m1/s1. The Bertz CT molecular complexity index is 1710. The summed E-state index contributed by atoms with van der Waals surface area (Å²) in [6.07, 6.45) is 5.84. The van der Waals surface area contributed by atoms with Gasteiger partial charge in [-0.25, -0.2) is 9.78 Å². The number of hydrogen-bond donors (Lipinski definition) is 3. The highest BCUT2D eigenvalue weighted by Crippen LogP contribution is 2.32. The number of Topliss-reactive ketones (excluding diaryl/α,β-unsaturated/α-hetero) is 2. The molecule has 5 rings (SSSR count). The lowest BCUT2D eigenvalue weighted by Gasteiger charge is -2.29. The number of hydrogen-bond acceptors (Lipinski definition) is 9. The van der Waals surface area contributed by atoms with E-state index < -0.39 is 17.6 Å². The van der Waals surface area contributed by atoms with Crippen LogP contribution in [0.1, 0.15) is 75.2 Å². The molecule has 3 aromatic rings. The number of nitrogens with one attached hydrogen (secondary N) is 3. The van der Waals surface area contributed by atoms with E-state index in [-0.39, 0.29) is 42.3 Å². The highest BCUT2D eigenvalue weighted by molar-refractivity contribution is 6.09. The molecule has 52 heavy (non-hydrogen) atoms. The molecule has 0 radical (unpaired) electrons. The van der Waals surface area contributed by atoms with Crippen LogP contribution in [0.3, 0.4) is 0 Å². The van der Waals surface area contributed by atoms with Crippen molar-refractivity contribution in [2.75, 3.05) is 51.0 Å². The zero-order valence-corrected chi connectivity index (χ0v) is 31.1. The van der Waals surface area contributed by atoms with Gasteiger partial charge in [-0.1, -0.05) is 24.3 Å². The second-order valence-corrected chi connectivity index (χ2v) is 15.3. The molecule has 2 heterocycles. The highest BCUT2D eigenvalue weighted by atomic mass is 16.6. The molecule has 0 spiro atoms. The maximum absolute atomic E-state index is 13.9. The summed E-state index contributed by atoms with van der Waals surface area (Å²) in [7, 11) is 4.07. The van der Waals surface area contributed by atoms with Gasteiger partial charge in [0.25, 0.3) is 0 Å². The van der Waals surface area contributed by atoms with E-state index in [1.54, 1.807) is 24.4 Å². The van der Waals surface area contributed by atoms with Crippen molar-refractivity contribution in [1.82, 2.24) is 15.2 Å². The van der Waals surface area contributed by atoms with Crippen LogP contribution in [0.2, 0.25) is 0 Å². The van der Waals surface area contributed by atoms with Gasteiger partial charge < -0.3 is 30.3 Å². The second-order valence-electron chi connectivity index (χ2n) is 15.3. The molecular weight excluding hydrogens is 658 g/mol. The number of alkyl carbamates (subject to hydrolysis) is 1. The fourth-order valence-electron chi connectivity index (χ4n) is 6.78. The maximum Gasteiger partial charge on any atom is 0.407 e. The van der Waals surface area contributed by atoms with Gasteiger partial charge in [-0.15, -0.1) is 0 Å². The number of fused-ring (bicyclic) bond motifs is 1. The molecule has 3 N–H and O–H groups in total. The first-order valence-corrected chi connectivity index (χ1v) is 18.4. The molecule has 1 aliphatic carbocycles. The molecule has 2 aliphatic rings. The molecule has 11 heteroatoms. The summed E-state index contributed by atoms with van der Waals surface area (Å²) in [6, 6.07) is 17.1. The molecule has 1 aromatic heterocycles. The van der Waals surface area contributed by atoms with Crippen LogP contribution in [-0.4, -0.2) is 79.4 Å². The SMILES string of the molecule is CN(C)CCCOc1ccc(-c2cccc(C[C@H](CC(=O)C3CCC(CNC(=O)OC(C)(C)C)CC3)C(=O)Nc3ccc4c(c3)NCC4=O)c2)cn1. The molecule has 278 valence electrons. The largest absolute Gasteiger partial charge is 0.478 e. The molecule has 0 saturated heterocycles. The predicted octanol–water partition coefficient (Wildman–Crippen LogP) is 6.78. The van der Waals surface area contributed by atoms with Crippen LogP contribution in [0, 0.1) is 17.8 Å². The van der Waals surface area contributed by atoms with Crippen molar-refractivity contribution in [3.63, 3.8) is 0 Å². The number of benzene rings is 2. The van der Waals surface area contributed by atoms with Crippen LogP contribution in [0.5, 0.6) is 5.88 Å². The van der Waals surface area contributed by atoms with E-state index in [0.717, 1.165) is 55.3 Å². The number of aromatic nitrogens is 1. The smallest absolute Gasteiger partial charge is 0.407 e. The number of pyridine rings is 1. The molecule has 2 amide bonds. The number of nitrogens with zero attached hydrogens (tertiary/aromatic N) is 2. The van der Waals surface area contributed by atoms with Crippen molar-refractivity contribution >= 4 is 34.9 Å². The van der Waals surface area contributed by atoms with E-state index in [2.05, 4.69) is 25.8 Å². The van der Waals surface area contributed by atoms with Gasteiger partial charge in [-0.3, -0.25) is 14.4 Å². The molecule has 11 nitrogen and oxygen atoms in total. The van der Waals surface area contributed by atoms with Crippen LogP contribution < -0.4 is 20.7 Å². The van der Waals surface area contributed by atoms with Crippen molar-refractivity contribution in [2.45, 2.75) is 71.3 Å². The lowest BCUT2D eigenvalue weighted by Crippen LogP contribution is -2.37. The molecule has 2 aromatic carbocycles. The third kappa shape index (κ3) is 11.4. The summed E-state index contributed by atoms with van der Waals surface area (Å²) in [5, 5.41) is 8.97. The van der Waals surface area contributed by atoms with E-state index >= 15 is 0 Å². The van der Waals surface area contributed by atoms with E-state index in [1.807, 2.05) is 71.3 Å².